The van der Waals surface area contributed by atoms with Crippen molar-refractivity contribution in [2.24, 2.45) is 4.99 Å². The van der Waals surface area contributed by atoms with E-state index in [-0.39, 0.29) is 5.91 Å². The van der Waals surface area contributed by atoms with E-state index in [1.165, 1.54) is 12.5 Å². The van der Waals surface area contributed by atoms with E-state index in [9.17, 15) is 4.79 Å². The Hall–Kier alpha value is -1.38. The van der Waals surface area contributed by atoms with Gasteiger partial charge in [-0.3, -0.25) is 9.79 Å². The highest BCUT2D eigenvalue weighted by molar-refractivity contribution is 5.73. The molecule has 1 aliphatic heterocycles. The first-order chi connectivity index (χ1) is 5.79. The highest BCUT2D eigenvalue weighted by atomic mass is 16.1. The third kappa shape index (κ3) is 3.14. The molecule has 0 aromatic heterocycles. The first-order valence-corrected chi connectivity index (χ1v) is 3.89. The van der Waals surface area contributed by atoms with Crippen LogP contribution in [0.15, 0.2) is 28.9 Å². The molecule has 12 heavy (non-hydrogen) atoms. The zero-order valence-corrected chi connectivity index (χ0v) is 7.08. The van der Waals surface area contributed by atoms with Gasteiger partial charge in [-0.1, -0.05) is 6.08 Å². The lowest BCUT2D eigenvalue weighted by molar-refractivity contribution is -0.118. The van der Waals surface area contributed by atoms with Crippen LogP contribution in [0.1, 0.15) is 13.3 Å². The number of amides is 1. The van der Waals surface area contributed by atoms with Crippen molar-refractivity contribution >= 4 is 12.1 Å². The predicted octanol–water partition coefficient (Wildman–Crippen LogP) is 1.04. The van der Waals surface area contributed by atoms with Gasteiger partial charge in [0.2, 0.25) is 5.91 Å². The number of allylic oxidation sites excluding steroid dienone is 2. The van der Waals surface area contributed by atoms with Crippen molar-refractivity contribution in [3.8, 4) is 0 Å². The van der Waals surface area contributed by atoms with Crippen LogP contribution in [-0.4, -0.2) is 18.7 Å². The molecule has 3 nitrogen and oxygen atoms in total. The summed E-state index contributed by atoms with van der Waals surface area (Å²) in [5.74, 6) is 0.000986. The number of hydrogen-bond donors (Lipinski definition) is 1. The van der Waals surface area contributed by atoms with Crippen molar-refractivity contribution in [1.29, 1.82) is 0 Å². The van der Waals surface area contributed by atoms with E-state index in [4.69, 9.17) is 0 Å². The molecule has 0 saturated heterocycles. The molecule has 0 aliphatic carbocycles. The maximum absolute atomic E-state index is 10.6. The van der Waals surface area contributed by atoms with Crippen molar-refractivity contribution in [3.05, 3.63) is 23.9 Å². The van der Waals surface area contributed by atoms with Gasteiger partial charge in [0, 0.05) is 32.3 Å². The lowest BCUT2D eigenvalue weighted by Crippen LogP contribution is -2.22. The minimum absolute atomic E-state index is 0.000986. The van der Waals surface area contributed by atoms with Crippen LogP contribution in [0.25, 0.3) is 0 Å². The van der Waals surface area contributed by atoms with Crippen LogP contribution in [0.3, 0.4) is 0 Å². The molecule has 0 aromatic rings. The van der Waals surface area contributed by atoms with Crippen LogP contribution in [0.5, 0.6) is 0 Å². The van der Waals surface area contributed by atoms with Gasteiger partial charge in [-0.15, -0.1) is 0 Å². The Bertz CT molecular complexity index is 251. The van der Waals surface area contributed by atoms with Gasteiger partial charge in [-0.05, 0) is 11.6 Å². The SMILES string of the molecule is CC(=O)NCC1=CC=CN=CC1. The van der Waals surface area contributed by atoms with E-state index in [0.29, 0.717) is 6.54 Å². The molecule has 3 heteroatoms. The topological polar surface area (TPSA) is 41.5 Å². The molecule has 1 N–H and O–H groups in total. The fraction of sp³-hybridized carbons (Fsp3) is 0.333. The van der Waals surface area contributed by atoms with E-state index >= 15 is 0 Å². The predicted molar refractivity (Wildman–Crippen MR) is 49.0 cm³/mol. The summed E-state index contributed by atoms with van der Waals surface area (Å²) >= 11 is 0. The second-order valence-electron chi connectivity index (χ2n) is 2.61. The Balaban J connectivity index is 2.41. The standard InChI is InChI=1S/C9H12N2O/c1-8(12)11-7-9-3-2-5-10-6-4-9/h2-3,5-6H,4,7H2,1H3,(H,11,12). The normalized spacial score (nSPS) is 15.2. The van der Waals surface area contributed by atoms with Crippen molar-refractivity contribution in [2.75, 3.05) is 6.54 Å². The largest absolute Gasteiger partial charge is 0.353 e. The van der Waals surface area contributed by atoms with Crippen LogP contribution >= 0.6 is 0 Å². The first kappa shape index (κ1) is 8.71. The smallest absolute Gasteiger partial charge is 0.217 e. The maximum atomic E-state index is 10.6. The molecule has 0 aromatic carbocycles. The third-order valence-corrected chi connectivity index (χ3v) is 1.53. The minimum atomic E-state index is 0.000986. The average molecular weight is 164 g/mol. The molecule has 1 rings (SSSR count). The molecule has 1 amide bonds. The van der Waals surface area contributed by atoms with Gasteiger partial charge in [0.05, 0.1) is 0 Å². The molecular weight excluding hydrogens is 152 g/mol. The van der Waals surface area contributed by atoms with Crippen LogP contribution in [0, 0.1) is 0 Å². The fourth-order valence-electron chi connectivity index (χ4n) is 0.897. The second kappa shape index (κ2) is 4.49. The van der Waals surface area contributed by atoms with Crippen LogP contribution in [0.4, 0.5) is 0 Å². The zero-order chi connectivity index (χ0) is 8.81. The van der Waals surface area contributed by atoms with Gasteiger partial charge in [0.1, 0.15) is 0 Å². The molecule has 0 spiro atoms. The molecule has 64 valence electrons. The number of aliphatic imine (C=N–C) groups is 1. The highest BCUT2D eigenvalue weighted by Gasteiger charge is 1.97. The van der Waals surface area contributed by atoms with Crippen molar-refractivity contribution in [1.82, 2.24) is 5.32 Å². The Morgan fingerprint density at radius 1 is 1.75 bits per heavy atom. The number of rotatable bonds is 2. The van der Waals surface area contributed by atoms with Crippen LogP contribution in [0.2, 0.25) is 0 Å². The summed E-state index contributed by atoms with van der Waals surface area (Å²) in [6.07, 6.45) is 8.23. The van der Waals surface area contributed by atoms with Gasteiger partial charge in [0.15, 0.2) is 0 Å². The summed E-state index contributed by atoms with van der Waals surface area (Å²) in [5.41, 5.74) is 1.17. The minimum Gasteiger partial charge on any atom is -0.353 e. The van der Waals surface area contributed by atoms with Gasteiger partial charge in [-0.2, -0.15) is 0 Å². The molecular formula is C9H12N2O. The number of carbonyl (C=O) groups excluding carboxylic acids is 1. The zero-order valence-electron chi connectivity index (χ0n) is 7.08. The number of nitrogens with zero attached hydrogens (tertiary/aromatic N) is 1. The molecule has 1 heterocycles. The molecule has 1 aliphatic rings. The van der Waals surface area contributed by atoms with Gasteiger partial charge in [-0.25, -0.2) is 0 Å². The Labute approximate surface area is 71.9 Å². The lowest BCUT2D eigenvalue weighted by atomic mass is 10.2. The molecule has 0 bridgehead atoms. The highest BCUT2D eigenvalue weighted by Crippen LogP contribution is 2.01. The maximum Gasteiger partial charge on any atom is 0.217 e. The van der Waals surface area contributed by atoms with Crippen LogP contribution < -0.4 is 5.32 Å². The Morgan fingerprint density at radius 2 is 2.58 bits per heavy atom. The van der Waals surface area contributed by atoms with Crippen molar-refractivity contribution in [2.45, 2.75) is 13.3 Å². The van der Waals surface area contributed by atoms with Crippen LogP contribution in [-0.2, 0) is 4.79 Å². The number of carbonyl (C=O) groups is 1. The monoisotopic (exact) mass is 164 g/mol. The van der Waals surface area contributed by atoms with Gasteiger partial charge < -0.3 is 5.32 Å². The lowest BCUT2D eigenvalue weighted by Gasteiger charge is -2.02. The Morgan fingerprint density at radius 3 is 3.33 bits per heavy atom. The summed E-state index contributed by atoms with van der Waals surface area (Å²) in [6, 6.07) is 0. The number of hydrogen-bond acceptors (Lipinski definition) is 2. The number of nitrogens with one attached hydrogen (secondary N) is 1. The van der Waals surface area contributed by atoms with E-state index in [0.717, 1.165) is 6.42 Å². The molecule has 0 atom stereocenters. The molecule has 0 saturated carbocycles. The average Bonchev–Trinajstić information content (AvgIpc) is 2.28. The summed E-state index contributed by atoms with van der Waals surface area (Å²) in [7, 11) is 0. The first-order valence-electron chi connectivity index (χ1n) is 3.89. The van der Waals surface area contributed by atoms with Gasteiger partial charge in [0.25, 0.3) is 0 Å². The summed E-state index contributed by atoms with van der Waals surface area (Å²) in [6.45, 7) is 2.13. The van der Waals surface area contributed by atoms with Crippen molar-refractivity contribution < 1.29 is 4.79 Å². The van der Waals surface area contributed by atoms with E-state index in [2.05, 4.69) is 10.3 Å². The quantitative estimate of drug-likeness (QED) is 0.650. The third-order valence-electron chi connectivity index (χ3n) is 1.53. The van der Waals surface area contributed by atoms with Gasteiger partial charge >= 0.3 is 0 Å². The van der Waals surface area contributed by atoms with E-state index < -0.39 is 0 Å². The van der Waals surface area contributed by atoms with E-state index in [1.807, 2.05) is 18.4 Å². The summed E-state index contributed by atoms with van der Waals surface area (Å²) in [5, 5.41) is 2.74. The summed E-state index contributed by atoms with van der Waals surface area (Å²) < 4.78 is 0. The fourth-order valence-corrected chi connectivity index (χ4v) is 0.897. The molecule has 0 radical (unpaired) electrons. The Kier molecular flexibility index (Phi) is 3.26. The van der Waals surface area contributed by atoms with E-state index in [1.54, 1.807) is 6.20 Å². The van der Waals surface area contributed by atoms with Crippen molar-refractivity contribution in [3.63, 3.8) is 0 Å². The second-order valence-corrected chi connectivity index (χ2v) is 2.61. The molecule has 0 unspecified atom stereocenters. The summed E-state index contributed by atoms with van der Waals surface area (Å²) in [4.78, 5) is 14.6. The molecule has 0 fully saturated rings.